The lowest BCUT2D eigenvalue weighted by molar-refractivity contribution is 0.0232. The van der Waals surface area contributed by atoms with Gasteiger partial charge in [-0.2, -0.15) is 0 Å². The number of hydrogen-bond donors (Lipinski definition) is 3. The molecular weight excluding hydrogens is 292 g/mol. The fraction of sp³-hybridized carbons (Fsp3) is 0.444. The minimum absolute atomic E-state index is 0.00138. The first-order chi connectivity index (χ1) is 11.0. The summed E-state index contributed by atoms with van der Waals surface area (Å²) in [5, 5.41) is 12.9. The molecule has 3 rings (SSSR count). The van der Waals surface area contributed by atoms with Gasteiger partial charge in [0, 0.05) is 23.1 Å². The summed E-state index contributed by atoms with van der Waals surface area (Å²) in [6.07, 6.45) is 3.45. The molecule has 0 unspecified atom stereocenters. The molecule has 1 aliphatic carbocycles. The second-order valence-electron chi connectivity index (χ2n) is 6.45. The molecule has 1 aromatic carbocycles. The van der Waals surface area contributed by atoms with E-state index >= 15 is 0 Å². The highest BCUT2D eigenvalue weighted by Gasteiger charge is 2.34. The Kier molecular flexibility index (Phi) is 4.22. The second kappa shape index (κ2) is 6.16. The minimum Gasteiger partial charge on any atom is -0.393 e. The van der Waals surface area contributed by atoms with E-state index in [0.717, 1.165) is 17.5 Å². The molecule has 5 heteroatoms. The maximum absolute atomic E-state index is 12.6. The summed E-state index contributed by atoms with van der Waals surface area (Å²) in [7, 11) is 0. The maximum Gasteiger partial charge on any atom is 0.256 e. The monoisotopic (exact) mass is 314 g/mol. The lowest BCUT2D eigenvalue weighted by Crippen LogP contribution is -2.47. The van der Waals surface area contributed by atoms with Crippen LogP contribution in [0.5, 0.6) is 0 Å². The first-order valence-corrected chi connectivity index (χ1v) is 8.10. The highest BCUT2D eigenvalue weighted by molar-refractivity contribution is 5.97. The van der Waals surface area contributed by atoms with Crippen LogP contribution in [0.25, 0.3) is 10.9 Å². The third kappa shape index (κ3) is 3.01. The molecule has 1 amide bonds. The number of fused-ring (bicyclic) bond motifs is 1. The van der Waals surface area contributed by atoms with Crippen molar-refractivity contribution >= 4 is 16.8 Å². The van der Waals surface area contributed by atoms with Crippen LogP contribution in [0.2, 0.25) is 0 Å². The predicted molar refractivity (Wildman–Crippen MR) is 89.6 cm³/mol. The Morgan fingerprint density at radius 2 is 2.17 bits per heavy atom. The van der Waals surface area contributed by atoms with Crippen molar-refractivity contribution in [2.24, 2.45) is 5.92 Å². The van der Waals surface area contributed by atoms with Gasteiger partial charge in [-0.05, 0) is 44.2 Å². The number of aliphatic hydroxyl groups is 1. The number of pyridine rings is 1. The van der Waals surface area contributed by atoms with Crippen LogP contribution in [0.1, 0.15) is 42.1 Å². The van der Waals surface area contributed by atoms with Crippen LogP contribution in [0.4, 0.5) is 0 Å². The topological polar surface area (TPSA) is 82.2 Å². The first-order valence-electron chi connectivity index (χ1n) is 8.10. The largest absolute Gasteiger partial charge is 0.393 e. The number of rotatable bonds is 4. The zero-order valence-electron chi connectivity index (χ0n) is 13.4. The first kappa shape index (κ1) is 15.7. The molecule has 5 nitrogen and oxygen atoms in total. The molecule has 1 fully saturated rings. The Balaban J connectivity index is 1.86. The van der Waals surface area contributed by atoms with Gasteiger partial charge in [0.15, 0.2) is 0 Å². The van der Waals surface area contributed by atoms with Crippen LogP contribution < -0.4 is 10.7 Å². The Morgan fingerprint density at radius 1 is 1.43 bits per heavy atom. The number of carbonyl (C=O) groups is 1. The highest BCUT2D eigenvalue weighted by Crippen LogP contribution is 2.31. The van der Waals surface area contributed by atoms with E-state index in [1.807, 2.05) is 26.0 Å². The number of H-pyrrole nitrogens is 1. The number of aromatic nitrogens is 1. The Morgan fingerprint density at radius 3 is 2.83 bits per heavy atom. The van der Waals surface area contributed by atoms with Gasteiger partial charge in [-0.3, -0.25) is 9.59 Å². The van der Waals surface area contributed by atoms with Gasteiger partial charge >= 0.3 is 0 Å². The van der Waals surface area contributed by atoms with E-state index in [0.29, 0.717) is 24.1 Å². The molecule has 0 spiro atoms. The summed E-state index contributed by atoms with van der Waals surface area (Å²) >= 11 is 0. The number of hydrogen-bond acceptors (Lipinski definition) is 3. The van der Waals surface area contributed by atoms with Crippen molar-refractivity contribution in [1.29, 1.82) is 0 Å². The number of aliphatic hydroxyl groups excluding tert-OH is 1. The van der Waals surface area contributed by atoms with Gasteiger partial charge in [0.1, 0.15) is 5.56 Å². The molecule has 2 aromatic rings. The molecule has 23 heavy (non-hydrogen) atoms. The van der Waals surface area contributed by atoms with Gasteiger partial charge in [-0.15, -0.1) is 0 Å². The molecule has 0 bridgehead atoms. The van der Waals surface area contributed by atoms with E-state index in [1.54, 1.807) is 6.07 Å². The molecule has 1 atom stereocenters. The molecular formula is C18H22N2O3. The number of carbonyl (C=O) groups excluding carboxylic acids is 1. The average molecular weight is 314 g/mol. The summed E-state index contributed by atoms with van der Waals surface area (Å²) < 4.78 is 0. The van der Waals surface area contributed by atoms with E-state index in [1.165, 1.54) is 6.20 Å². The number of benzene rings is 1. The number of nitrogens with one attached hydrogen (secondary N) is 2. The van der Waals surface area contributed by atoms with Gasteiger partial charge < -0.3 is 15.4 Å². The minimum atomic E-state index is -0.345. The number of aryl methyl sites for hydroxylation is 1. The van der Waals surface area contributed by atoms with Crippen LogP contribution >= 0.6 is 0 Å². The van der Waals surface area contributed by atoms with Gasteiger partial charge in [0.05, 0.1) is 6.10 Å². The van der Waals surface area contributed by atoms with Gasteiger partial charge in [0.2, 0.25) is 5.43 Å². The Bertz CT molecular complexity index is 790. The maximum atomic E-state index is 12.6. The van der Waals surface area contributed by atoms with Crippen LogP contribution in [-0.2, 0) is 0 Å². The molecule has 0 saturated heterocycles. The lowest BCUT2D eigenvalue weighted by atomic mass is 9.76. The predicted octanol–water partition coefficient (Wildman–Crippen LogP) is 2.12. The van der Waals surface area contributed by atoms with Gasteiger partial charge in [0.25, 0.3) is 5.91 Å². The van der Waals surface area contributed by atoms with Crippen molar-refractivity contribution in [3.05, 3.63) is 45.7 Å². The summed E-state index contributed by atoms with van der Waals surface area (Å²) in [4.78, 5) is 28.1. The summed E-state index contributed by atoms with van der Waals surface area (Å²) in [5.41, 5.74) is 1.60. The number of aromatic amines is 1. The van der Waals surface area contributed by atoms with Crippen molar-refractivity contribution in [3.63, 3.8) is 0 Å². The molecule has 122 valence electrons. The molecule has 0 radical (unpaired) electrons. The summed E-state index contributed by atoms with van der Waals surface area (Å²) in [5.74, 6) is -0.0522. The fourth-order valence-corrected chi connectivity index (χ4v) is 3.26. The molecule has 1 aromatic heterocycles. The molecule has 1 aliphatic rings. The third-order valence-corrected chi connectivity index (χ3v) is 4.76. The standard InChI is InChI=1S/C18H22N2O3/c1-3-15(11-7-12(21)8-11)20-18(23)14-9-19-16-5-4-10(2)6-13(16)17(14)22/h4-6,9,11-12,15,21H,3,7-8H2,1-2H3,(H,19,22)(H,20,23)/t11?,12?,15-/m0/s1. The lowest BCUT2D eigenvalue weighted by Gasteiger charge is -2.37. The van der Waals surface area contributed by atoms with Crippen molar-refractivity contribution in [2.45, 2.75) is 45.3 Å². The quantitative estimate of drug-likeness (QED) is 0.808. The smallest absolute Gasteiger partial charge is 0.256 e. The fourth-order valence-electron chi connectivity index (χ4n) is 3.26. The average Bonchev–Trinajstić information content (AvgIpc) is 2.50. The molecule has 1 heterocycles. The van der Waals surface area contributed by atoms with Crippen LogP contribution in [0.3, 0.4) is 0 Å². The molecule has 3 N–H and O–H groups in total. The summed E-state index contributed by atoms with van der Waals surface area (Å²) in [6.45, 7) is 3.92. The van der Waals surface area contributed by atoms with E-state index < -0.39 is 0 Å². The second-order valence-corrected chi connectivity index (χ2v) is 6.45. The van der Waals surface area contributed by atoms with Crippen molar-refractivity contribution in [2.75, 3.05) is 0 Å². The molecule has 1 saturated carbocycles. The van der Waals surface area contributed by atoms with Crippen molar-refractivity contribution < 1.29 is 9.90 Å². The molecule has 0 aliphatic heterocycles. The zero-order chi connectivity index (χ0) is 16.6. The Hall–Kier alpha value is -2.14. The van der Waals surface area contributed by atoms with Crippen LogP contribution in [0.15, 0.2) is 29.2 Å². The SMILES string of the molecule is CC[C@H](NC(=O)c1c[nH]c2ccc(C)cc2c1=O)C1CC(O)C1. The van der Waals surface area contributed by atoms with Gasteiger partial charge in [-0.1, -0.05) is 18.6 Å². The van der Waals surface area contributed by atoms with E-state index in [4.69, 9.17) is 0 Å². The van der Waals surface area contributed by atoms with Crippen molar-refractivity contribution in [3.8, 4) is 0 Å². The van der Waals surface area contributed by atoms with Crippen LogP contribution in [0, 0.1) is 12.8 Å². The van der Waals surface area contributed by atoms with E-state index in [9.17, 15) is 14.7 Å². The normalized spacial score (nSPS) is 21.7. The number of amides is 1. The zero-order valence-corrected chi connectivity index (χ0v) is 13.4. The van der Waals surface area contributed by atoms with Crippen LogP contribution in [-0.4, -0.2) is 28.1 Å². The van der Waals surface area contributed by atoms with Crippen molar-refractivity contribution in [1.82, 2.24) is 10.3 Å². The van der Waals surface area contributed by atoms with E-state index in [2.05, 4.69) is 10.3 Å². The third-order valence-electron chi connectivity index (χ3n) is 4.76. The summed E-state index contributed by atoms with van der Waals surface area (Å²) in [6, 6.07) is 5.56. The van der Waals surface area contributed by atoms with Gasteiger partial charge in [-0.25, -0.2) is 0 Å². The Labute approximate surface area is 134 Å². The van der Waals surface area contributed by atoms with E-state index in [-0.39, 0.29) is 29.0 Å². The highest BCUT2D eigenvalue weighted by atomic mass is 16.3.